The zero-order valence-electron chi connectivity index (χ0n) is 13.4. The molecule has 1 aliphatic heterocycles. The maximum Gasteiger partial charge on any atom is 0.248 e. The lowest BCUT2D eigenvalue weighted by Crippen LogP contribution is -2.50. The van der Waals surface area contributed by atoms with Crippen LogP contribution in [-0.2, 0) is 6.54 Å². The van der Waals surface area contributed by atoms with Gasteiger partial charge in [-0.1, -0.05) is 12.1 Å². The van der Waals surface area contributed by atoms with E-state index in [1.165, 1.54) is 0 Å². The molecule has 0 atom stereocenters. The molecule has 3 N–H and O–H groups in total. The minimum absolute atomic E-state index is 0.249. The number of primary amides is 1. The first-order valence-electron chi connectivity index (χ1n) is 7.39. The number of aliphatic imine (C=N–C) groups is 1. The van der Waals surface area contributed by atoms with Crippen LogP contribution in [0.1, 0.15) is 29.8 Å². The number of guanidine groups is 1. The number of carbonyl (C=O) groups is 1. The number of hydrogen-bond donors (Lipinski definition) is 2. The van der Waals surface area contributed by atoms with Crippen LogP contribution < -0.4 is 11.1 Å². The number of amides is 1. The number of nitrogens with two attached hydrogens (primary N) is 1. The molecule has 1 aliphatic rings. The number of hydrogen-bond acceptors (Lipinski definition) is 3. The molecular weight excluding hydrogens is 296 g/mol. The minimum Gasteiger partial charge on any atom is -0.366 e. The van der Waals surface area contributed by atoms with Gasteiger partial charge in [0.2, 0.25) is 5.91 Å². The molecule has 0 aliphatic carbocycles. The van der Waals surface area contributed by atoms with Crippen molar-refractivity contribution in [2.45, 2.75) is 25.1 Å². The van der Waals surface area contributed by atoms with Crippen molar-refractivity contribution >= 4 is 23.6 Å². The molecule has 1 fully saturated rings. The molecule has 1 heterocycles. The van der Waals surface area contributed by atoms with Crippen LogP contribution in [0.5, 0.6) is 0 Å². The van der Waals surface area contributed by atoms with Gasteiger partial charge in [0.1, 0.15) is 0 Å². The lowest BCUT2D eigenvalue weighted by Gasteiger charge is -2.39. The molecule has 0 aromatic heterocycles. The quantitative estimate of drug-likeness (QED) is 0.657. The van der Waals surface area contributed by atoms with Gasteiger partial charge in [0.05, 0.1) is 0 Å². The van der Waals surface area contributed by atoms with Gasteiger partial charge in [-0.25, -0.2) is 0 Å². The maximum atomic E-state index is 11.1. The third-order valence-electron chi connectivity index (χ3n) is 3.63. The van der Waals surface area contributed by atoms with E-state index in [0.717, 1.165) is 30.4 Å². The first kappa shape index (κ1) is 16.7. The standard InChI is InChI=1S/C16H24N4OS/c1-16(2)11-20(8-9-22-16)15(18-3)19-10-12-4-6-13(7-5-12)14(17)21/h4-7H,8-11H2,1-3H3,(H2,17,21)(H,18,19). The molecular formula is C16H24N4OS. The summed E-state index contributed by atoms with van der Waals surface area (Å²) < 4.78 is 0.249. The summed E-state index contributed by atoms with van der Waals surface area (Å²) in [5.74, 6) is 1.64. The van der Waals surface area contributed by atoms with Crippen LogP contribution in [0.15, 0.2) is 29.3 Å². The Hall–Kier alpha value is -1.69. The largest absolute Gasteiger partial charge is 0.366 e. The Morgan fingerprint density at radius 1 is 1.41 bits per heavy atom. The van der Waals surface area contributed by atoms with Crippen molar-refractivity contribution in [3.63, 3.8) is 0 Å². The number of thioether (sulfide) groups is 1. The molecule has 2 rings (SSSR count). The molecule has 22 heavy (non-hydrogen) atoms. The smallest absolute Gasteiger partial charge is 0.248 e. The SMILES string of the molecule is CN=C(NCc1ccc(C(N)=O)cc1)N1CCSC(C)(C)C1. The number of rotatable bonds is 3. The molecule has 0 saturated carbocycles. The molecule has 0 spiro atoms. The van der Waals surface area contributed by atoms with Crippen LogP contribution in [-0.4, -0.2) is 47.4 Å². The Morgan fingerprint density at radius 2 is 2.09 bits per heavy atom. The van der Waals surface area contributed by atoms with E-state index >= 15 is 0 Å². The van der Waals surface area contributed by atoms with E-state index in [-0.39, 0.29) is 4.75 Å². The van der Waals surface area contributed by atoms with Gasteiger partial charge in [-0.3, -0.25) is 9.79 Å². The number of nitrogens with one attached hydrogen (secondary N) is 1. The Morgan fingerprint density at radius 3 is 2.64 bits per heavy atom. The van der Waals surface area contributed by atoms with Gasteiger partial charge in [-0.15, -0.1) is 0 Å². The number of nitrogens with zero attached hydrogens (tertiary/aromatic N) is 2. The highest BCUT2D eigenvalue weighted by molar-refractivity contribution is 8.00. The molecule has 1 amide bonds. The summed E-state index contributed by atoms with van der Waals surface area (Å²) in [5, 5.41) is 3.39. The van der Waals surface area contributed by atoms with Crippen molar-refractivity contribution in [2.24, 2.45) is 10.7 Å². The van der Waals surface area contributed by atoms with Crippen molar-refractivity contribution in [1.29, 1.82) is 0 Å². The van der Waals surface area contributed by atoms with Crippen molar-refractivity contribution in [1.82, 2.24) is 10.2 Å². The predicted octanol–water partition coefficient (Wildman–Crippen LogP) is 1.69. The van der Waals surface area contributed by atoms with Gasteiger partial charge in [-0.05, 0) is 31.5 Å². The van der Waals surface area contributed by atoms with Crippen LogP contribution >= 0.6 is 11.8 Å². The average Bonchev–Trinajstić information content (AvgIpc) is 2.47. The Kier molecular flexibility index (Phi) is 5.34. The first-order valence-corrected chi connectivity index (χ1v) is 8.38. The van der Waals surface area contributed by atoms with Crippen LogP contribution in [0.3, 0.4) is 0 Å². The zero-order chi connectivity index (χ0) is 16.2. The normalized spacial score (nSPS) is 18.1. The highest BCUT2D eigenvalue weighted by atomic mass is 32.2. The number of carbonyl (C=O) groups excluding carboxylic acids is 1. The highest BCUT2D eigenvalue weighted by Crippen LogP contribution is 2.29. The van der Waals surface area contributed by atoms with E-state index in [9.17, 15) is 4.79 Å². The average molecular weight is 320 g/mol. The monoisotopic (exact) mass is 320 g/mol. The fraction of sp³-hybridized carbons (Fsp3) is 0.500. The summed E-state index contributed by atoms with van der Waals surface area (Å²) in [4.78, 5) is 17.8. The predicted molar refractivity (Wildman–Crippen MR) is 93.3 cm³/mol. The summed E-state index contributed by atoms with van der Waals surface area (Å²) >= 11 is 2.00. The van der Waals surface area contributed by atoms with Crippen LogP contribution in [0.4, 0.5) is 0 Å². The molecule has 0 unspecified atom stereocenters. The van der Waals surface area contributed by atoms with Crippen molar-refractivity contribution in [3.8, 4) is 0 Å². The second-order valence-corrected chi connectivity index (χ2v) is 7.79. The topological polar surface area (TPSA) is 70.7 Å². The van der Waals surface area contributed by atoms with Crippen molar-refractivity contribution in [2.75, 3.05) is 25.9 Å². The van der Waals surface area contributed by atoms with E-state index in [2.05, 4.69) is 29.1 Å². The van der Waals surface area contributed by atoms with Crippen molar-refractivity contribution in [3.05, 3.63) is 35.4 Å². The Balaban J connectivity index is 1.95. The highest BCUT2D eigenvalue weighted by Gasteiger charge is 2.28. The van der Waals surface area contributed by atoms with E-state index < -0.39 is 5.91 Å². The molecule has 1 aromatic rings. The fourth-order valence-corrected chi connectivity index (χ4v) is 3.61. The van der Waals surface area contributed by atoms with Gasteiger partial charge in [0, 0.05) is 42.7 Å². The Bertz CT molecular complexity index is 554. The number of benzene rings is 1. The summed E-state index contributed by atoms with van der Waals surface area (Å²) in [7, 11) is 1.81. The third-order valence-corrected chi connectivity index (χ3v) is 4.92. The van der Waals surface area contributed by atoms with Gasteiger partial charge in [0.15, 0.2) is 5.96 Å². The van der Waals surface area contributed by atoms with Crippen molar-refractivity contribution < 1.29 is 4.79 Å². The molecule has 0 bridgehead atoms. The van der Waals surface area contributed by atoms with Gasteiger partial charge in [0.25, 0.3) is 0 Å². The minimum atomic E-state index is -0.400. The lowest BCUT2D eigenvalue weighted by atomic mass is 10.1. The molecule has 5 nitrogen and oxygen atoms in total. The summed E-state index contributed by atoms with van der Waals surface area (Å²) in [6.45, 7) is 7.20. The zero-order valence-corrected chi connectivity index (χ0v) is 14.2. The lowest BCUT2D eigenvalue weighted by molar-refractivity contribution is 0.100. The second-order valence-electron chi connectivity index (χ2n) is 5.99. The van der Waals surface area contributed by atoms with Gasteiger partial charge in [-0.2, -0.15) is 11.8 Å². The van der Waals surface area contributed by atoms with Crippen LogP contribution in [0.2, 0.25) is 0 Å². The van der Waals surface area contributed by atoms with Gasteiger partial charge >= 0.3 is 0 Å². The fourth-order valence-electron chi connectivity index (χ4n) is 2.50. The van der Waals surface area contributed by atoms with Gasteiger partial charge < -0.3 is 16.0 Å². The summed E-state index contributed by atoms with van der Waals surface area (Å²) in [5.41, 5.74) is 6.87. The molecule has 1 saturated heterocycles. The Labute approximate surface area is 136 Å². The first-order chi connectivity index (χ1) is 10.4. The molecule has 0 radical (unpaired) electrons. The maximum absolute atomic E-state index is 11.1. The van der Waals surface area contributed by atoms with Crippen LogP contribution in [0, 0.1) is 0 Å². The summed E-state index contributed by atoms with van der Waals surface area (Å²) in [6, 6.07) is 7.33. The van der Waals surface area contributed by atoms with E-state index in [1.807, 2.05) is 30.9 Å². The van der Waals surface area contributed by atoms with E-state index in [1.54, 1.807) is 12.1 Å². The van der Waals surface area contributed by atoms with Crippen LogP contribution in [0.25, 0.3) is 0 Å². The van der Waals surface area contributed by atoms with E-state index in [0.29, 0.717) is 12.1 Å². The molecule has 1 aromatic carbocycles. The van der Waals surface area contributed by atoms with E-state index in [4.69, 9.17) is 5.73 Å². The summed E-state index contributed by atoms with van der Waals surface area (Å²) in [6.07, 6.45) is 0. The molecule has 6 heteroatoms. The third kappa shape index (κ3) is 4.40. The molecule has 120 valence electrons. The second kappa shape index (κ2) is 7.05.